The topological polar surface area (TPSA) is 28.2 Å². The van der Waals surface area contributed by atoms with E-state index in [1.54, 1.807) is 0 Å². The number of pyridine rings is 1. The van der Waals surface area contributed by atoms with E-state index in [0.717, 1.165) is 37.7 Å². The van der Waals surface area contributed by atoms with E-state index in [0.29, 0.717) is 0 Å². The molecule has 0 bridgehead atoms. The maximum Gasteiger partial charge on any atom is 0.129 e. The fourth-order valence-electron chi connectivity index (χ4n) is 1.80. The standard InChI is InChI=1S/C13H23N3/c1-5-14-10-12-8-11(4)15-13(9-12)16(6-2)7-3/h8-9,14H,5-7,10H2,1-4H3. The third kappa shape index (κ3) is 3.49. The van der Waals surface area contributed by atoms with E-state index >= 15 is 0 Å². The summed E-state index contributed by atoms with van der Waals surface area (Å²) in [5.41, 5.74) is 2.41. The zero-order valence-electron chi connectivity index (χ0n) is 10.9. The van der Waals surface area contributed by atoms with Crippen LogP contribution in [0, 0.1) is 6.92 Å². The van der Waals surface area contributed by atoms with Gasteiger partial charge in [0.25, 0.3) is 0 Å². The van der Waals surface area contributed by atoms with Crippen LogP contribution in [-0.2, 0) is 6.54 Å². The first kappa shape index (κ1) is 13.0. The van der Waals surface area contributed by atoms with Crippen molar-refractivity contribution in [1.29, 1.82) is 0 Å². The molecule has 0 saturated heterocycles. The van der Waals surface area contributed by atoms with Crippen LogP contribution in [0.1, 0.15) is 32.0 Å². The maximum atomic E-state index is 4.58. The van der Waals surface area contributed by atoms with Gasteiger partial charge in [0.1, 0.15) is 5.82 Å². The summed E-state index contributed by atoms with van der Waals surface area (Å²) >= 11 is 0. The first-order valence-electron chi connectivity index (χ1n) is 6.14. The van der Waals surface area contributed by atoms with Crippen LogP contribution in [0.15, 0.2) is 12.1 Å². The fourth-order valence-corrected chi connectivity index (χ4v) is 1.80. The molecule has 0 radical (unpaired) electrons. The summed E-state index contributed by atoms with van der Waals surface area (Å²) in [7, 11) is 0. The van der Waals surface area contributed by atoms with E-state index in [4.69, 9.17) is 0 Å². The van der Waals surface area contributed by atoms with E-state index in [1.807, 2.05) is 0 Å². The monoisotopic (exact) mass is 221 g/mol. The Bertz CT molecular complexity index is 319. The molecule has 1 N–H and O–H groups in total. The Hall–Kier alpha value is -1.09. The molecule has 0 atom stereocenters. The van der Waals surface area contributed by atoms with Crippen LogP contribution in [0.4, 0.5) is 5.82 Å². The van der Waals surface area contributed by atoms with Crippen molar-refractivity contribution in [3.05, 3.63) is 23.4 Å². The highest BCUT2D eigenvalue weighted by molar-refractivity contribution is 5.42. The first-order valence-corrected chi connectivity index (χ1v) is 6.14. The molecule has 3 heteroatoms. The SMILES string of the molecule is CCNCc1cc(C)nc(N(CC)CC)c1. The molecule has 0 aromatic carbocycles. The molecule has 0 aliphatic carbocycles. The quantitative estimate of drug-likeness (QED) is 0.799. The lowest BCUT2D eigenvalue weighted by atomic mass is 10.2. The molecule has 0 spiro atoms. The van der Waals surface area contributed by atoms with Crippen LogP contribution < -0.4 is 10.2 Å². The predicted octanol–water partition coefficient (Wildman–Crippen LogP) is 2.35. The van der Waals surface area contributed by atoms with Crippen molar-refractivity contribution < 1.29 is 0 Å². The second-order valence-corrected chi connectivity index (χ2v) is 3.93. The van der Waals surface area contributed by atoms with Crippen molar-refractivity contribution in [2.24, 2.45) is 0 Å². The van der Waals surface area contributed by atoms with Gasteiger partial charge in [0.05, 0.1) is 0 Å². The molecule has 0 amide bonds. The van der Waals surface area contributed by atoms with Gasteiger partial charge in [-0.1, -0.05) is 6.92 Å². The number of aromatic nitrogens is 1. The van der Waals surface area contributed by atoms with Gasteiger partial charge in [-0.2, -0.15) is 0 Å². The van der Waals surface area contributed by atoms with Crippen molar-refractivity contribution in [3.8, 4) is 0 Å². The molecule has 1 rings (SSSR count). The molecular weight excluding hydrogens is 198 g/mol. The number of anilines is 1. The Labute approximate surface area is 98.9 Å². The van der Waals surface area contributed by atoms with Crippen molar-refractivity contribution in [1.82, 2.24) is 10.3 Å². The Morgan fingerprint density at radius 2 is 1.88 bits per heavy atom. The highest BCUT2D eigenvalue weighted by atomic mass is 15.2. The molecule has 0 saturated carbocycles. The Balaban J connectivity index is 2.88. The van der Waals surface area contributed by atoms with Crippen LogP contribution in [0.25, 0.3) is 0 Å². The summed E-state index contributed by atoms with van der Waals surface area (Å²) in [6, 6.07) is 4.33. The van der Waals surface area contributed by atoms with Gasteiger partial charge in [0.15, 0.2) is 0 Å². The van der Waals surface area contributed by atoms with Gasteiger partial charge in [-0.05, 0) is 45.0 Å². The van der Waals surface area contributed by atoms with Crippen molar-refractivity contribution in [2.75, 3.05) is 24.5 Å². The summed E-state index contributed by atoms with van der Waals surface area (Å²) in [5, 5.41) is 3.35. The van der Waals surface area contributed by atoms with Gasteiger partial charge in [0.2, 0.25) is 0 Å². The molecule has 3 nitrogen and oxygen atoms in total. The van der Waals surface area contributed by atoms with E-state index in [9.17, 15) is 0 Å². The number of nitrogens with one attached hydrogen (secondary N) is 1. The van der Waals surface area contributed by atoms with Gasteiger partial charge in [0, 0.05) is 25.3 Å². The zero-order valence-corrected chi connectivity index (χ0v) is 10.9. The molecule has 1 heterocycles. The number of rotatable bonds is 6. The van der Waals surface area contributed by atoms with Crippen molar-refractivity contribution in [3.63, 3.8) is 0 Å². The second-order valence-electron chi connectivity index (χ2n) is 3.93. The molecule has 90 valence electrons. The number of aryl methyl sites for hydroxylation is 1. The van der Waals surface area contributed by atoms with Gasteiger partial charge in [-0.25, -0.2) is 4.98 Å². The Morgan fingerprint density at radius 1 is 1.19 bits per heavy atom. The lowest BCUT2D eigenvalue weighted by Gasteiger charge is -2.21. The highest BCUT2D eigenvalue weighted by Gasteiger charge is 2.05. The number of nitrogens with zero attached hydrogens (tertiary/aromatic N) is 2. The van der Waals surface area contributed by atoms with E-state index in [-0.39, 0.29) is 0 Å². The lowest BCUT2D eigenvalue weighted by Crippen LogP contribution is -2.23. The lowest BCUT2D eigenvalue weighted by molar-refractivity contribution is 0.723. The van der Waals surface area contributed by atoms with Gasteiger partial charge in [-0.3, -0.25) is 0 Å². The minimum Gasteiger partial charge on any atom is -0.357 e. The van der Waals surface area contributed by atoms with E-state index < -0.39 is 0 Å². The second kappa shape index (κ2) is 6.48. The van der Waals surface area contributed by atoms with Crippen molar-refractivity contribution >= 4 is 5.82 Å². The molecule has 0 aliphatic heterocycles. The third-order valence-electron chi connectivity index (χ3n) is 2.67. The summed E-state index contributed by atoms with van der Waals surface area (Å²) in [5.74, 6) is 1.10. The summed E-state index contributed by atoms with van der Waals surface area (Å²) < 4.78 is 0. The van der Waals surface area contributed by atoms with Crippen LogP contribution in [-0.4, -0.2) is 24.6 Å². The minimum atomic E-state index is 0.925. The van der Waals surface area contributed by atoms with Gasteiger partial charge in [-0.15, -0.1) is 0 Å². The first-order chi connectivity index (χ1) is 7.71. The average Bonchev–Trinajstić information content (AvgIpc) is 2.27. The van der Waals surface area contributed by atoms with Gasteiger partial charge >= 0.3 is 0 Å². The zero-order chi connectivity index (χ0) is 12.0. The molecule has 0 fully saturated rings. The highest BCUT2D eigenvalue weighted by Crippen LogP contribution is 2.14. The normalized spacial score (nSPS) is 10.5. The molecule has 1 aromatic heterocycles. The van der Waals surface area contributed by atoms with Crippen LogP contribution in [0.3, 0.4) is 0 Å². The summed E-state index contributed by atoms with van der Waals surface area (Å²) in [6.45, 7) is 12.5. The van der Waals surface area contributed by atoms with Crippen LogP contribution >= 0.6 is 0 Å². The van der Waals surface area contributed by atoms with E-state index in [1.165, 1.54) is 5.56 Å². The predicted molar refractivity (Wildman–Crippen MR) is 69.9 cm³/mol. The Morgan fingerprint density at radius 3 is 2.44 bits per heavy atom. The average molecular weight is 221 g/mol. The molecule has 1 aromatic rings. The molecule has 0 aliphatic rings. The number of hydrogen-bond acceptors (Lipinski definition) is 3. The van der Waals surface area contributed by atoms with Crippen molar-refractivity contribution in [2.45, 2.75) is 34.2 Å². The summed E-state index contributed by atoms with van der Waals surface area (Å²) in [6.07, 6.45) is 0. The fraction of sp³-hybridized carbons (Fsp3) is 0.615. The molecular formula is C13H23N3. The van der Waals surface area contributed by atoms with E-state index in [2.05, 4.69) is 55.0 Å². The smallest absolute Gasteiger partial charge is 0.129 e. The maximum absolute atomic E-state index is 4.58. The summed E-state index contributed by atoms with van der Waals surface area (Å²) in [4.78, 5) is 6.86. The molecule has 0 unspecified atom stereocenters. The number of hydrogen-bond donors (Lipinski definition) is 1. The van der Waals surface area contributed by atoms with Crippen LogP contribution in [0.5, 0.6) is 0 Å². The Kier molecular flexibility index (Phi) is 5.26. The van der Waals surface area contributed by atoms with Gasteiger partial charge < -0.3 is 10.2 Å². The largest absolute Gasteiger partial charge is 0.357 e. The third-order valence-corrected chi connectivity index (χ3v) is 2.67. The minimum absolute atomic E-state index is 0.925. The molecule has 16 heavy (non-hydrogen) atoms. The van der Waals surface area contributed by atoms with Crippen LogP contribution in [0.2, 0.25) is 0 Å².